The van der Waals surface area contributed by atoms with Gasteiger partial charge in [-0.05, 0) is 31.5 Å². The standard InChI is InChI=1S/C16H16N4O/c1-3-19-14-7-8-18-10-13(14)16(21)20-15-6-4-5-11(2)12(15)9-17/h4-8,10H,3H2,1-2H3,(H,18,19)(H,20,21). The number of aryl methyl sites for hydroxylation is 1. The first-order valence-electron chi connectivity index (χ1n) is 6.66. The Morgan fingerprint density at radius 3 is 2.86 bits per heavy atom. The van der Waals surface area contributed by atoms with Gasteiger partial charge < -0.3 is 10.6 Å². The molecular weight excluding hydrogens is 264 g/mol. The average molecular weight is 280 g/mol. The minimum atomic E-state index is -0.291. The summed E-state index contributed by atoms with van der Waals surface area (Å²) in [6, 6.07) is 9.22. The van der Waals surface area contributed by atoms with Crippen LogP contribution in [0.25, 0.3) is 0 Å². The average Bonchev–Trinajstić information content (AvgIpc) is 2.48. The van der Waals surface area contributed by atoms with Crippen molar-refractivity contribution in [3.8, 4) is 6.07 Å². The largest absolute Gasteiger partial charge is 0.385 e. The zero-order valence-electron chi connectivity index (χ0n) is 12.0. The zero-order valence-corrected chi connectivity index (χ0v) is 12.0. The SMILES string of the molecule is CCNc1ccncc1C(=O)Nc1cccc(C)c1C#N. The fraction of sp³-hybridized carbons (Fsp3) is 0.188. The fourth-order valence-electron chi connectivity index (χ4n) is 2.03. The number of anilines is 2. The van der Waals surface area contributed by atoms with Gasteiger partial charge in [0.25, 0.3) is 5.91 Å². The van der Waals surface area contributed by atoms with Gasteiger partial charge in [-0.25, -0.2) is 0 Å². The number of carbonyl (C=O) groups is 1. The summed E-state index contributed by atoms with van der Waals surface area (Å²) < 4.78 is 0. The Kier molecular flexibility index (Phi) is 4.52. The number of nitrogens with zero attached hydrogens (tertiary/aromatic N) is 2. The molecule has 0 radical (unpaired) electrons. The van der Waals surface area contributed by atoms with Crippen molar-refractivity contribution in [1.29, 1.82) is 5.26 Å². The molecule has 0 saturated carbocycles. The summed E-state index contributed by atoms with van der Waals surface area (Å²) in [5, 5.41) is 15.1. The number of nitriles is 1. The predicted molar refractivity (Wildman–Crippen MR) is 82.2 cm³/mol. The first-order chi connectivity index (χ1) is 10.2. The maximum atomic E-state index is 12.4. The highest BCUT2D eigenvalue weighted by Crippen LogP contribution is 2.21. The van der Waals surface area contributed by atoms with Gasteiger partial charge in [0.15, 0.2) is 0 Å². The van der Waals surface area contributed by atoms with E-state index in [0.29, 0.717) is 23.4 Å². The molecule has 0 spiro atoms. The molecule has 0 saturated heterocycles. The lowest BCUT2D eigenvalue weighted by molar-refractivity contribution is 0.102. The first kappa shape index (κ1) is 14.5. The van der Waals surface area contributed by atoms with E-state index in [2.05, 4.69) is 21.7 Å². The molecule has 0 unspecified atom stereocenters. The van der Waals surface area contributed by atoms with Crippen molar-refractivity contribution in [3.05, 3.63) is 53.3 Å². The van der Waals surface area contributed by atoms with E-state index in [1.165, 1.54) is 6.20 Å². The van der Waals surface area contributed by atoms with Crippen LogP contribution in [0.5, 0.6) is 0 Å². The van der Waals surface area contributed by atoms with E-state index in [-0.39, 0.29) is 5.91 Å². The van der Waals surface area contributed by atoms with Crippen LogP contribution < -0.4 is 10.6 Å². The van der Waals surface area contributed by atoms with E-state index in [1.807, 2.05) is 19.9 Å². The lowest BCUT2D eigenvalue weighted by Crippen LogP contribution is -2.16. The molecule has 0 aliphatic carbocycles. The number of hydrogen-bond acceptors (Lipinski definition) is 4. The van der Waals surface area contributed by atoms with Gasteiger partial charge in [0.05, 0.1) is 22.5 Å². The summed E-state index contributed by atoms with van der Waals surface area (Å²) in [4.78, 5) is 16.4. The van der Waals surface area contributed by atoms with Crippen molar-refractivity contribution >= 4 is 17.3 Å². The Balaban J connectivity index is 2.31. The minimum absolute atomic E-state index is 0.291. The minimum Gasteiger partial charge on any atom is -0.385 e. The quantitative estimate of drug-likeness (QED) is 0.902. The third kappa shape index (κ3) is 3.18. The van der Waals surface area contributed by atoms with Crippen molar-refractivity contribution in [2.75, 3.05) is 17.2 Å². The van der Waals surface area contributed by atoms with Gasteiger partial charge in [-0.2, -0.15) is 5.26 Å². The molecule has 106 valence electrons. The van der Waals surface area contributed by atoms with Crippen molar-refractivity contribution in [2.45, 2.75) is 13.8 Å². The first-order valence-corrected chi connectivity index (χ1v) is 6.66. The van der Waals surface area contributed by atoms with Gasteiger partial charge in [-0.3, -0.25) is 9.78 Å². The molecule has 0 fully saturated rings. The van der Waals surface area contributed by atoms with E-state index in [4.69, 9.17) is 0 Å². The van der Waals surface area contributed by atoms with Gasteiger partial charge in [-0.15, -0.1) is 0 Å². The van der Waals surface area contributed by atoms with Crippen molar-refractivity contribution in [1.82, 2.24) is 4.98 Å². The number of hydrogen-bond donors (Lipinski definition) is 2. The van der Waals surface area contributed by atoms with Crippen LogP contribution in [0.4, 0.5) is 11.4 Å². The zero-order chi connectivity index (χ0) is 15.2. The van der Waals surface area contributed by atoms with Gasteiger partial charge in [-0.1, -0.05) is 12.1 Å². The normalized spacial score (nSPS) is 9.76. The Morgan fingerprint density at radius 1 is 1.33 bits per heavy atom. The lowest BCUT2D eigenvalue weighted by atomic mass is 10.1. The van der Waals surface area contributed by atoms with Crippen LogP contribution in [0, 0.1) is 18.3 Å². The van der Waals surface area contributed by atoms with Crippen LogP contribution in [-0.2, 0) is 0 Å². The maximum absolute atomic E-state index is 12.4. The highest BCUT2D eigenvalue weighted by Gasteiger charge is 2.14. The molecule has 2 N–H and O–H groups in total. The summed E-state index contributed by atoms with van der Waals surface area (Å²) in [6.45, 7) is 4.50. The number of nitrogens with one attached hydrogen (secondary N) is 2. The summed E-state index contributed by atoms with van der Waals surface area (Å²) in [7, 11) is 0. The summed E-state index contributed by atoms with van der Waals surface area (Å²) >= 11 is 0. The van der Waals surface area contributed by atoms with Gasteiger partial charge in [0.1, 0.15) is 6.07 Å². The number of rotatable bonds is 4. The van der Waals surface area contributed by atoms with Crippen LogP contribution in [-0.4, -0.2) is 17.4 Å². The Bertz CT molecular complexity index is 704. The molecule has 1 aromatic carbocycles. The number of pyridine rings is 1. The van der Waals surface area contributed by atoms with Gasteiger partial charge >= 0.3 is 0 Å². The van der Waals surface area contributed by atoms with Crippen LogP contribution in [0.1, 0.15) is 28.4 Å². The second kappa shape index (κ2) is 6.53. The summed E-state index contributed by atoms with van der Waals surface area (Å²) in [5.74, 6) is -0.291. The van der Waals surface area contributed by atoms with Crippen molar-refractivity contribution in [3.63, 3.8) is 0 Å². The van der Waals surface area contributed by atoms with Crippen molar-refractivity contribution < 1.29 is 4.79 Å². The van der Waals surface area contributed by atoms with Crippen molar-refractivity contribution in [2.24, 2.45) is 0 Å². The molecule has 1 amide bonds. The maximum Gasteiger partial charge on any atom is 0.259 e. The number of aromatic nitrogens is 1. The van der Waals surface area contributed by atoms with Gasteiger partial charge in [0.2, 0.25) is 0 Å². The molecule has 0 atom stereocenters. The fourth-order valence-corrected chi connectivity index (χ4v) is 2.03. The van der Waals surface area contributed by atoms with E-state index in [0.717, 1.165) is 11.3 Å². The number of carbonyl (C=O) groups excluding carboxylic acids is 1. The third-order valence-electron chi connectivity index (χ3n) is 3.07. The van der Waals surface area contributed by atoms with E-state index in [9.17, 15) is 10.1 Å². The molecule has 0 aliphatic heterocycles. The molecule has 5 nitrogen and oxygen atoms in total. The molecule has 21 heavy (non-hydrogen) atoms. The molecule has 2 rings (SSSR count). The van der Waals surface area contributed by atoms with Crippen LogP contribution in [0.2, 0.25) is 0 Å². The van der Waals surface area contributed by atoms with Crippen LogP contribution >= 0.6 is 0 Å². The monoisotopic (exact) mass is 280 g/mol. The molecule has 0 aliphatic rings. The van der Waals surface area contributed by atoms with E-state index in [1.54, 1.807) is 24.4 Å². The molecule has 2 aromatic rings. The van der Waals surface area contributed by atoms with Gasteiger partial charge in [0, 0.05) is 18.9 Å². The van der Waals surface area contributed by atoms with Crippen LogP contribution in [0.15, 0.2) is 36.7 Å². The topological polar surface area (TPSA) is 77.8 Å². The lowest BCUT2D eigenvalue weighted by Gasteiger charge is -2.12. The predicted octanol–water partition coefficient (Wildman–Crippen LogP) is 2.95. The Labute approximate surface area is 123 Å². The Morgan fingerprint density at radius 2 is 2.14 bits per heavy atom. The third-order valence-corrected chi connectivity index (χ3v) is 3.07. The van der Waals surface area contributed by atoms with E-state index >= 15 is 0 Å². The summed E-state index contributed by atoms with van der Waals surface area (Å²) in [5.41, 5.74) is 2.97. The summed E-state index contributed by atoms with van der Waals surface area (Å²) in [6.07, 6.45) is 3.14. The second-order valence-corrected chi connectivity index (χ2v) is 4.51. The number of benzene rings is 1. The molecular formula is C16H16N4O. The molecule has 1 heterocycles. The van der Waals surface area contributed by atoms with Crippen LogP contribution in [0.3, 0.4) is 0 Å². The second-order valence-electron chi connectivity index (χ2n) is 4.51. The highest BCUT2D eigenvalue weighted by molar-refractivity contribution is 6.08. The smallest absolute Gasteiger partial charge is 0.259 e. The molecule has 1 aromatic heterocycles. The number of amides is 1. The molecule has 0 bridgehead atoms. The Hall–Kier alpha value is -2.87. The van der Waals surface area contributed by atoms with E-state index < -0.39 is 0 Å². The molecule has 5 heteroatoms. The highest BCUT2D eigenvalue weighted by atomic mass is 16.1.